The molecule has 0 aliphatic rings. The van der Waals surface area contributed by atoms with Crippen LogP contribution in [0, 0.1) is 5.92 Å². The van der Waals surface area contributed by atoms with Gasteiger partial charge in [0.25, 0.3) is 5.91 Å². The lowest BCUT2D eigenvalue weighted by molar-refractivity contribution is 0.100. The van der Waals surface area contributed by atoms with Crippen LogP contribution in [0.2, 0.25) is 0 Å². The zero-order valence-corrected chi connectivity index (χ0v) is 23.4. The van der Waals surface area contributed by atoms with Crippen LogP contribution in [0.1, 0.15) is 41.8 Å². The Kier molecular flexibility index (Phi) is 8.58. The Bertz CT molecular complexity index is 1550. The van der Waals surface area contributed by atoms with Crippen molar-refractivity contribution in [2.24, 2.45) is 11.7 Å². The number of alkyl halides is 1. The lowest BCUT2D eigenvalue weighted by Gasteiger charge is -2.29. The molecule has 41 heavy (non-hydrogen) atoms. The number of hydrogen-bond donors (Lipinski definition) is 2. The molecule has 0 radical (unpaired) electrons. The van der Waals surface area contributed by atoms with E-state index in [4.69, 9.17) is 10.7 Å². The highest BCUT2D eigenvalue weighted by Gasteiger charge is 2.26. The predicted molar refractivity (Wildman–Crippen MR) is 163 cm³/mol. The number of primary amides is 1. The maximum Gasteiger partial charge on any atom is 0.254 e. The Labute approximate surface area is 239 Å². The monoisotopic (exact) mass is 550 g/mol. The molecule has 8 heteroatoms. The maximum absolute atomic E-state index is 13.9. The molecular weight excluding hydrogens is 515 g/mol. The molecule has 3 N–H and O–H groups in total. The summed E-state index contributed by atoms with van der Waals surface area (Å²) in [5.74, 6) is 0.645. The van der Waals surface area contributed by atoms with Gasteiger partial charge in [0.15, 0.2) is 5.65 Å². The number of aromatic nitrogens is 3. The molecule has 0 spiro atoms. The van der Waals surface area contributed by atoms with Crippen molar-refractivity contribution in [2.45, 2.75) is 39.5 Å². The molecule has 2 atom stereocenters. The highest BCUT2D eigenvalue weighted by atomic mass is 19.1. The first-order valence-corrected chi connectivity index (χ1v) is 13.9. The van der Waals surface area contributed by atoms with Crippen molar-refractivity contribution < 1.29 is 9.18 Å². The first kappa shape index (κ1) is 27.8. The fourth-order valence-corrected chi connectivity index (χ4v) is 4.90. The Morgan fingerprint density at radius 2 is 1.49 bits per heavy atom. The number of hydrogen-bond acceptors (Lipinski definition) is 5. The highest BCUT2D eigenvalue weighted by molar-refractivity contribution is 6.00. The van der Waals surface area contributed by atoms with Crippen molar-refractivity contribution in [3.05, 3.63) is 114 Å². The lowest BCUT2D eigenvalue weighted by Crippen LogP contribution is -2.27. The van der Waals surface area contributed by atoms with Crippen molar-refractivity contribution in [1.82, 2.24) is 14.6 Å². The van der Waals surface area contributed by atoms with Crippen LogP contribution in [-0.2, 0) is 13.1 Å². The second-order valence-corrected chi connectivity index (χ2v) is 10.4. The number of nitrogens with one attached hydrogen (secondary N) is 1. The average Bonchev–Trinajstić information content (AvgIpc) is 3.41. The zero-order valence-electron chi connectivity index (χ0n) is 23.4. The normalized spacial score (nSPS) is 12.7. The van der Waals surface area contributed by atoms with Gasteiger partial charge in [0.2, 0.25) is 0 Å². The molecule has 0 aliphatic carbocycles. The van der Waals surface area contributed by atoms with E-state index >= 15 is 0 Å². The van der Waals surface area contributed by atoms with Crippen LogP contribution in [0.25, 0.3) is 16.8 Å². The van der Waals surface area contributed by atoms with Crippen molar-refractivity contribution in [3.8, 4) is 11.1 Å². The van der Waals surface area contributed by atoms with E-state index < -0.39 is 12.1 Å². The summed E-state index contributed by atoms with van der Waals surface area (Å²) < 4.78 is 15.7. The molecule has 7 nitrogen and oxygen atoms in total. The third-order valence-electron chi connectivity index (χ3n) is 7.36. The number of halogens is 1. The molecule has 2 aromatic heterocycles. The number of anilines is 2. The van der Waals surface area contributed by atoms with E-state index in [2.05, 4.69) is 39.6 Å². The van der Waals surface area contributed by atoms with Gasteiger partial charge in [-0.05, 0) is 36.0 Å². The minimum atomic E-state index is -0.917. The van der Waals surface area contributed by atoms with Crippen LogP contribution >= 0.6 is 0 Å². The Hall–Kier alpha value is -4.72. The van der Waals surface area contributed by atoms with Crippen LogP contribution in [0.3, 0.4) is 0 Å². The van der Waals surface area contributed by atoms with E-state index in [1.54, 1.807) is 11.4 Å². The van der Waals surface area contributed by atoms with Gasteiger partial charge in [-0.1, -0.05) is 97.9 Å². The summed E-state index contributed by atoms with van der Waals surface area (Å²) in [6, 6.07) is 30.5. The van der Waals surface area contributed by atoms with Gasteiger partial charge < -0.3 is 16.0 Å². The molecule has 3 aromatic carbocycles. The number of fused-ring (bicyclic) bond motifs is 1. The fraction of sp³-hybridized carbons (Fsp3) is 0.242. The molecule has 210 valence electrons. The molecule has 0 fully saturated rings. The Balaban J connectivity index is 1.74. The molecule has 0 saturated heterocycles. The largest absolute Gasteiger partial charge is 0.369 e. The van der Waals surface area contributed by atoms with Crippen LogP contribution in [0.4, 0.5) is 16.0 Å². The maximum atomic E-state index is 13.9. The summed E-state index contributed by atoms with van der Waals surface area (Å²) in [4.78, 5) is 19.6. The van der Waals surface area contributed by atoms with Gasteiger partial charge in [-0.3, -0.25) is 4.79 Å². The summed E-state index contributed by atoms with van der Waals surface area (Å²) in [6.45, 7) is 5.15. The van der Waals surface area contributed by atoms with Crippen LogP contribution in [0.15, 0.2) is 97.2 Å². The first-order valence-electron chi connectivity index (χ1n) is 13.9. The van der Waals surface area contributed by atoms with Crippen molar-refractivity contribution in [1.29, 1.82) is 0 Å². The van der Waals surface area contributed by atoms with Gasteiger partial charge in [0.05, 0.1) is 17.9 Å². The predicted octanol–water partition coefficient (Wildman–Crippen LogP) is 6.50. The number of nitrogens with zero attached hydrogens (tertiary/aromatic N) is 4. The van der Waals surface area contributed by atoms with E-state index in [-0.39, 0.29) is 11.5 Å². The lowest BCUT2D eigenvalue weighted by atomic mass is 10.0. The molecule has 1 unspecified atom stereocenters. The third kappa shape index (κ3) is 6.38. The van der Waals surface area contributed by atoms with E-state index in [0.717, 1.165) is 28.1 Å². The molecule has 2 heterocycles. The standard InChI is InChI=1S/C33H35FN6O/c1-23(24(2)34)18-19-36-31-29(27-16-10-5-11-17-27)33(40-32(38-31)28(20-37-40)30(35)41)39(21-25-12-6-3-7-13-25)22-26-14-8-4-9-15-26/h3-17,20,23-24H,18-19,21-22H2,1-2H3,(H2,35,41)(H,36,38)/t23?,24-/m0/s1. The van der Waals surface area contributed by atoms with Crippen molar-refractivity contribution in [3.63, 3.8) is 0 Å². The average molecular weight is 551 g/mol. The molecule has 0 saturated carbocycles. The number of carbonyl (C=O) groups is 1. The summed E-state index contributed by atoms with van der Waals surface area (Å²) in [6.07, 6.45) is 1.18. The summed E-state index contributed by atoms with van der Waals surface area (Å²) in [5.41, 5.74) is 10.4. The number of amides is 1. The molecule has 0 aliphatic heterocycles. The van der Waals surface area contributed by atoms with E-state index in [9.17, 15) is 9.18 Å². The molecule has 1 amide bonds. The first-order chi connectivity index (χ1) is 19.9. The van der Waals surface area contributed by atoms with Gasteiger partial charge in [0.1, 0.15) is 17.2 Å². The van der Waals surface area contributed by atoms with Crippen LogP contribution in [0.5, 0.6) is 0 Å². The topological polar surface area (TPSA) is 88.5 Å². The van der Waals surface area contributed by atoms with Gasteiger partial charge in [-0.25, -0.2) is 9.37 Å². The second kappa shape index (κ2) is 12.6. The number of carbonyl (C=O) groups excluding carboxylic acids is 1. The second-order valence-electron chi connectivity index (χ2n) is 10.4. The van der Waals surface area contributed by atoms with Gasteiger partial charge in [-0.2, -0.15) is 9.61 Å². The van der Waals surface area contributed by atoms with E-state index in [1.165, 1.54) is 6.20 Å². The minimum absolute atomic E-state index is 0.116. The quantitative estimate of drug-likeness (QED) is 0.185. The zero-order chi connectivity index (χ0) is 28.8. The molecule has 5 aromatic rings. The molecular formula is C33H35FN6O. The van der Waals surface area contributed by atoms with Gasteiger partial charge in [0, 0.05) is 19.6 Å². The SMILES string of the molecule is CC(CCNc1nc2c(C(N)=O)cnn2c(N(Cc2ccccc2)Cc2ccccc2)c1-c1ccccc1)[C@H](C)F. The summed E-state index contributed by atoms with van der Waals surface area (Å²) in [5, 5.41) is 8.11. The highest BCUT2D eigenvalue weighted by Crippen LogP contribution is 2.39. The third-order valence-corrected chi connectivity index (χ3v) is 7.36. The molecule has 0 bridgehead atoms. The number of benzene rings is 3. The summed E-state index contributed by atoms with van der Waals surface area (Å²) in [7, 11) is 0. The Morgan fingerprint density at radius 1 is 0.927 bits per heavy atom. The van der Waals surface area contributed by atoms with Crippen molar-refractivity contribution in [2.75, 3.05) is 16.8 Å². The molecule has 5 rings (SSSR count). The van der Waals surface area contributed by atoms with Gasteiger partial charge >= 0.3 is 0 Å². The van der Waals surface area contributed by atoms with Crippen molar-refractivity contribution >= 4 is 23.2 Å². The Morgan fingerprint density at radius 3 is 2.02 bits per heavy atom. The number of rotatable bonds is 12. The smallest absolute Gasteiger partial charge is 0.254 e. The van der Waals surface area contributed by atoms with E-state index in [0.29, 0.717) is 37.5 Å². The van der Waals surface area contributed by atoms with Gasteiger partial charge in [-0.15, -0.1) is 0 Å². The fourth-order valence-electron chi connectivity index (χ4n) is 4.90. The van der Waals surface area contributed by atoms with Crippen LogP contribution < -0.4 is 16.0 Å². The minimum Gasteiger partial charge on any atom is -0.369 e. The number of nitrogens with two attached hydrogens (primary N) is 1. The summed E-state index contributed by atoms with van der Waals surface area (Å²) >= 11 is 0. The van der Waals surface area contributed by atoms with Crippen LogP contribution in [-0.4, -0.2) is 33.2 Å². The van der Waals surface area contributed by atoms with E-state index in [1.807, 2.05) is 73.7 Å².